The molecule has 0 aromatic heterocycles. The van der Waals surface area contributed by atoms with Gasteiger partial charge in [0.2, 0.25) is 5.91 Å². The molecule has 0 aromatic rings. The molecule has 4 heterocycles. The predicted octanol–water partition coefficient (Wildman–Crippen LogP) is 5.95. The SMILES string of the molecule is COC(=O)/C=C1\CC2CC(=O)OC(/C=C/C=C\C=C(/C)CC(=O)N3CCOCC3)C/C=C/C(C)CCC3CCCC(CC(C1)O2)O3. The van der Waals surface area contributed by atoms with Crippen LogP contribution < -0.4 is 0 Å². The van der Waals surface area contributed by atoms with Gasteiger partial charge in [0.25, 0.3) is 0 Å². The number of esters is 2. The van der Waals surface area contributed by atoms with Gasteiger partial charge in [-0.2, -0.15) is 0 Å². The number of methoxy groups -OCH3 is 1. The maximum Gasteiger partial charge on any atom is 0.330 e. The lowest BCUT2D eigenvalue weighted by Gasteiger charge is -2.36. The number of morpholine rings is 1. The average molecular weight is 640 g/mol. The molecule has 4 bridgehead atoms. The van der Waals surface area contributed by atoms with E-state index in [-0.39, 0.29) is 42.7 Å². The van der Waals surface area contributed by atoms with Crippen molar-refractivity contribution in [2.45, 2.75) is 115 Å². The van der Waals surface area contributed by atoms with Gasteiger partial charge >= 0.3 is 11.9 Å². The van der Waals surface area contributed by atoms with Crippen molar-refractivity contribution in [3.8, 4) is 0 Å². The van der Waals surface area contributed by atoms with E-state index < -0.39 is 12.1 Å². The number of amides is 1. The number of cyclic esters (lactones) is 1. The van der Waals surface area contributed by atoms with E-state index in [4.69, 9.17) is 23.7 Å². The minimum absolute atomic E-state index is 0.0998. The summed E-state index contributed by atoms with van der Waals surface area (Å²) in [4.78, 5) is 39.6. The van der Waals surface area contributed by atoms with Crippen molar-refractivity contribution in [3.63, 3.8) is 0 Å². The summed E-state index contributed by atoms with van der Waals surface area (Å²) in [5.41, 5.74) is 1.91. The van der Waals surface area contributed by atoms with Crippen LogP contribution in [0.15, 0.2) is 59.8 Å². The summed E-state index contributed by atoms with van der Waals surface area (Å²) in [6.07, 6.45) is 22.9. The molecule has 4 rings (SSSR count). The second-order valence-electron chi connectivity index (χ2n) is 13.1. The third-order valence-corrected chi connectivity index (χ3v) is 9.03. The Bertz CT molecular complexity index is 1160. The van der Waals surface area contributed by atoms with E-state index in [1.807, 2.05) is 42.2 Å². The molecule has 4 aliphatic rings. The van der Waals surface area contributed by atoms with Crippen molar-refractivity contribution in [1.29, 1.82) is 0 Å². The third kappa shape index (κ3) is 12.6. The van der Waals surface area contributed by atoms with Gasteiger partial charge in [-0.3, -0.25) is 9.59 Å². The van der Waals surface area contributed by atoms with Gasteiger partial charge < -0.3 is 28.6 Å². The van der Waals surface area contributed by atoms with E-state index >= 15 is 0 Å². The van der Waals surface area contributed by atoms with Crippen LogP contribution in [0, 0.1) is 5.92 Å². The number of carbonyl (C=O) groups is 3. The minimum Gasteiger partial charge on any atom is -0.466 e. The number of ether oxygens (including phenoxy) is 5. The van der Waals surface area contributed by atoms with Crippen molar-refractivity contribution in [2.75, 3.05) is 33.4 Å². The van der Waals surface area contributed by atoms with Crippen molar-refractivity contribution in [2.24, 2.45) is 5.92 Å². The fraction of sp³-hybridized carbons (Fsp3) is 0.649. The molecule has 6 atom stereocenters. The molecular weight excluding hydrogens is 586 g/mol. The number of rotatable bonds is 6. The molecule has 1 amide bonds. The lowest BCUT2D eigenvalue weighted by Crippen LogP contribution is -2.40. The van der Waals surface area contributed by atoms with Crippen molar-refractivity contribution in [3.05, 3.63) is 59.8 Å². The van der Waals surface area contributed by atoms with E-state index in [2.05, 4.69) is 19.1 Å². The zero-order chi connectivity index (χ0) is 32.7. The Morgan fingerprint density at radius 1 is 0.957 bits per heavy atom. The second kappa shape index (κ2) is 19.0. The molecule has 6 unspecified atom stereocenters. The summed E-state index contributed by atoms with van der Waals surface area (Å²) in [5, 5.41) is 0. The van der Waals surface area contributed by atoms with Crippen LogP contribution in [0.3, 0.4) is 0 Å². The minimum atomic E-state index is -0.434. The van der Waals surface area contributed by atoms with Crippen LogP contribution in [0.4, 0.5) is 0 Å². The zero-order valence-electron chi connectivity index (χ0n) is 27.9. The van der Waals surface area contributed by atoms with Gasteiger partial charge in [-0.1, -0.05) is 54.5 Å². The van der Waals surface area contributed by atoms with Crippen LogP contribution in [0.2, 0.25) is 0 Å². The summed E-state index contributed by atoms with van der Waals surface area (Å²) >= 11 is 0. The smallest absolute Gasteiger partial charge is 0.330 e. The van der Waals surface area contributed by atoms with E-state index in [9.17, 15) is 14.4 Å². The van der Waals surface area contributed by atoms with Crippen LogP contribution in [0.25, 0.3) is 0 Å². The van der Waals surface area contributed by atoms with Gasteiger partial charge in [0, 0.05) is 38.4 Å². The maximum atomic E-state index is 13.2. The summed E-state index contributed by atoms with van der Waals surface area (Å²) in [5.74, 6) is -0.217. The first kappa shape index (κ1) is 35.8. The first-order valence-electron chi connectivity index (χ1n) is 17.1. The van der Waals surface area contributed by atoms with E-state index in [0.717, 1.165) is 49.7 Å². The van der Waals surface area contributed by atoms with Gasteiger partial charge in [0.1, 0.15) is 6.10 Å². The topological polar surface area (TPSA) is 101 Å². The van der Waals surface area contributed by atoms with Crippen molar-refractivity contribution >= 4 is 17.8 Å². The Hall–Kier alpha value is -3.01. The third-order valence-electron chi connectivity index (χ3n) is 9.03. The molecule has 46 heavy (non-hydrogen) atoms. The van der Waals surface area contributed by atoms with Gasteiger partial charge in [-0.25, -0.2) is 4.79 Å². The monoisotopic (exact) mass is 639 g/mol. The van der Waals surface area contributed by atoms with Crippen LogP contribution in [-0.4, -0.2) is 86.7 Å². The fourth-order valence-electron chi connectivity index (χ4n) is 6.55. The quantitative estimate of drug-likeness (QED) is 0.152. The Morgan fingerprint density at radius 2 is 1.72 bits per heavy atom. The molecule has 3 saturated heterocycles. The van der Waals surface area contributed by atoms with Gasteiger partial charge in [0.05, 0.1) is 51.2 Å². The number of nitrogens with zero attached hydrogens (tertiary/aromatic N) is 1. The summed E-state index contributed by atoms with van der Waals surface area (Å²) in [6.45, 7) is 6.65. The number of allylic oxidation sites excluding steroid dienone is 5. The summed E-state index contributed by atoms with van der Waals surface area (Å²) < 4.78 is 29.1. The van der Waals surface area contributed by atoms with Crippen LogP contribution in [-0.2, 0) is 38.1 Å². The second-order valence-corrected chi connectivity index (χ2v) is 13.1. The number of fused-ring (bicyclic) bond motifs is 4. The molecule has 0 aromatic carbocycles. The standard InChI is InChI=1S/C37H53NO8/c1-27-10-7-12-30(11-6-4-5-9-28(2)21-35(39)38-17-19-43-20-18-38)46-37(41)26-34-23-29(24-36(40)42-3)22-33(45-34)25-32-14-8-13-31(44-32)16-15-27/h4-7,9-11,24,27,30-34H,8,12-23,25-26H2,1-3H3/b5-4-,10-7+,11-6+,28-9+,29-24-. The van der Waals surface area contributed by atoms with Crippen molar-refractivity contribution < 1.29 is 38.1 Å². The van der Waals surface area contributed by atoms with Gasteiger partial charge in [-0.05, 0) is 63.9 Å². The van der Waals surface area contributed by atoms with Crippen molar-refractivity contribution in [1.82, 2.24) is 4.90 Å². The Labute approximate surface area is 274 Å². The van der Waals surface area contributed by atoms with Gasteiger partial charge in [0.15, 0.2) is 0 Å². The van der Waals surface area contributed by atoms with E-state index in [1.54, 1.807) is 6.08 Å². The Kier molecular flexibility index (Phi) is 14.8. The van der Waals surface area contributed by atoms with Gasteiger partial charge in [-0.15, -0.1) is 0 Å². The molecular formula is C37H53NO8. The molecule has 0 radical (unpaired) electrons. The first-order chi connectivity index (χ1) is 22.3. The summed E-state index contributed by atoms with van der Waals surface area (Å²) in [7, 11) is 1.37. The molecule has 3 fully saturated rings. The molecule has 9 nitrogen and oxygen atoms in total. The molecule has 0 spiro atoms. The van der Waals surface area contributed by atoms with Crippen LogP contribution in [0.5, 0.6) is 0 Å². The summed E-state index contributed by atoms with van der Waals surface area (Å²) in [6, 6.07) is 0. The molecule has 0 saturated carbocycles. The lowest BCUT2D eigenvalue weighted by atomic mass is 9.90. The highest BCUT2D eigenvalue weighted by atomic mass is 16.6. The maximum absolute atomic E-state index is 13.2. The van der Waals surface area contributed by atoms with E-state index in [1.165, 1.54) is 7.11 Å². The normalized spacial score (nSPS) is 32.2. The lowest BCUT2D eigenvalue weighted by molar-refractivity contribution is -0.153. The first-order valence-corrected chi connectivity index (χ1v) is 17.1. The van der Waals surface area contributed by atoms with Crippen LogP contribution in [0.1, 0.15) is 84.5 Å². The molecule has 254 valence electrons. The number of hydrogen-bond acceptors (Lipinski definition) is 8. The zero-order valence-corrected chi connectivity index (χ0v) is 27.9. The number of carbonyl (C=O) groups excluding carboxylic acids is 3. The van der Waals surface area contributed by atoms with Crippen LogP contribution >= 0.6 is 0 Å². The fourth-order valence-corrected chi connectivity index (χ4v) is 6.55. The average Bonchev–Trinajstić information content (AvgIpc) is 3.03. The highest BCUT2D eigenvalue weighted by molar-refractivity contribution is 5.82. The number of hydrogen-bond donors (Lipinski definition) is 0. The molecule has 0 N–H and O–H groups in total. The molecule has 4 aliphatic heterocycles. The Balaban J connectivity index is 1.42. The Morgan fingerprint density at radius 3 is 2.52 bits per heavy atom. The highest BCUT2D eigenvalue weighted by Crippen LogP contribution is 2.33. The van der Waals surface area contributed by atoms with E-state index in [0.29, 0.717) is 57.9 Å². The molecule has 9 heteroatoms. The largest absolute Gasteiger partial charge is 0.466 e. The highest BCUT2D eigenvalue weighted by Gasteiger charge is 2.32. The molecule has 0 aliphatic carbocycles. The predicted molar refractivity (Wildman–Crippen MR) is 176 cm³/mol.